The summed E-state index contributed by atoms with van der Waals surface area (Å²) in [4.78, 5) is 28.2. The van der Waals surface area contributed by atoms with Gasteiger partial charge >= 0.3 is 5.97 Å². The van der Waals surface area contributed by atoms with E-state index in [2.05, 4.69) is 10.3 Å². The molecule has 1 heterocycles. The molecule has 0 saturated heterocycles. The lowest BCUT2D eigenvalue weighted by molar-refractivity contribution is -0.148. The first-order valence-corrected chi connectivity index (χ1v) is 9.42. The first-order chi connectivity index (χ1) is 11.1. The summed E-state index contributed by atoms with van der Waals surface area (Å²) in [5.41, 5.74) is -0.154. The maximum atomic E-state index is 12.2. The molecule has 3 rings (SSSR count). The minimum atomic E-state index is -1.08. The zero-order chi connectivity index (χ0) is 16.3. The van der Waals surface area contributed by atoms with E-state index in [0.717, 1.165) is 33.8 Å². The number of aromatic nitrogens is 1. The summed E-state index contributed by atoms with van der Waals surface area (Å²) in [6.45, 7) is 0. The molecule has 2 N–H and O–H groups in total. The average molecular weight is 350 g/mol. The van der Waals surface area contributed by atoms with Crippen LogP contribution >= 0.6 is 23.1 Å². The zero-order valence-corrected chi connectivity index (χ0v) is 14.2. The number of para-hydroxylation sites is 1. The molecule has 0 unspecified atom stereocenters. The molecule has 1 amide bonds. The Kier molecular flexibility index (Phi) is 4.87. The van der Waals surface area contributed by atoms with Crippen molar-refractivity contribution in [3.63, 3.8) is 0 Å². The second kappa shape index (κ2) is 6.88. The molecular formula is C16H18N2O3S2. The number of aliphatic carboxylic acids is 1. The topological polar surface area (TPSA) is 79.3 Å². The van der Waals surface area contributed by atoms with Gasteiger partial charge in [0.15, 0.2) is 4.34 Å². The molecule has 1 aromatic heterocycles. The van der Waals surface area contributed by atoms with Crippen LogP contribution in [0, 0.1) is 0 Å². The van der Waals surface area contributed by atoms with Crippen molar-refractivity contribution < 1.29 is 14.7 Å². The van der Waals surface area contributed by atoms with E-state index in [1.54, 1.807) is 11.3 Å². The highest BCUT2D eigenvalue weighted by atomic mass is 32.2. The van der Waals surface area contributed by atoms with Gasteiger partial charge in [0.2, 0.25) is 5.91 Å². The number of amides is 1. The normalized spacial score (nSPS) is 17.0. The minimum Gasteiger partial charge on any atom is -0.480 e. The minimum absolute atomic E-state index is 0.189. The third-order valence-corrected chi connectivity index (χ3v) is 6.28. The van der Waals surface area contributed by atoms with E-state index in [1.165, 1.54) is 11.8 Å². The van der Waals surface area contributed by atoms with E-state index in [1.807, 2.05) is 24.3 Å². The van der Waals surface area contributed by atoms with Crippen molar-refractivity contribution in [3.05, 3.63) is 24.3 Å². The van der Waals surface area contributed by atoms with Crippen LogP contribution in [0.15, 0.2) is 28.6 Å². The van der Waals surface area contributed by atoms with Crippen LogP contribution in [-0.4, -0.2) is 33.3 Å². The Balaban J connectivity index is 1.61. The Morgan fingerprint density at radius 3 is 2.70 bits per heavy atom. The first-order valence-electron chi connectivity index (χ1n) is 7.62. The van der Waals surface area contributed by atoms with Gasteiger partial charge in [0.05, 0.1) is 16.0 Å². The van der Waals surface area contributed by atoms with Gasteiger partial charge in [0.1, 0.15) is 5.54 Å². The van der Waals surface area contributed by atoms with Gasteiger partial charge in [0, 0.05) is 0 Å². The first kappa shape index (κ1) is 16.3. The molecule has 0 spiro atoms. The van der Waals surface area contributed by atoms with Gasteiger partial charge in [-0.25, -0.2) is 9.78 Å². The predicted molar refractivity (Wildman–Crippen MR) is 91.9 cm³/mol. The summed E-state index contributed by atoms with van der Waals surface area (Å²) in [7, 11) is 0. The summed E-state index contributed by atoms with van der Waals surface area (Å²) in [6, 6.07) is 7.83. The van der Waals surface area contributed by atoms with Crippen molar-refractivity contribution >= 4 is 45.2 Å². The predicted octanol–water partition coefficient (Wildman–Crippen LogP) is 3.29. The monoisotopic (exact) mass is 350 g/mol. The van der Waals surface area contributed by atoms with E-state index in [-0.39, 0.29) is 11.7 Å². The third kappa shape index (κ3) is 3.67. The summed E-state index contributed by atoms with van der Waals surface area (Å²) in [5.74, 6) is -0.969. The van der Waals surface area contributed by atoms with Crippen molar-refractivity contribution in [3.8, 4) is 0 Å². The second-order valence-electron chi connectivity index (χ2n) is 5.73. The fraction of sp³-hybridized carbons (Fsp3) is 0.438. The van der Waals surface area contributed by atoms with Crippen LogP contribution in [0.4, 0.5) is 0 Å². The molecule has 0 aliphatic heterocycles. The van der Waals surface area contributed by atoms with E-state index in [9.17, 15) is 14.7 Å². The Morgan fingerprint density at radius 2 is 2.00 bits per heavy atom. The zero-order valence-electron chi connectivity index (χ0n) is 12.6. The number of carbonyl (C=O) groups excluding carboxylic acids is 1. The molecule has 0 atom stereocenters. The fourth-order valence-electron chi connectivity index (χ4n) is 2.89. The van der Waals surface area contributed by atoms with Crippen LogP contribution in [0.1, 0.15) is 32.1 Å². The smallest absolute Gasteiger partial charge is 0.329 e. The van der Waals surface area contributed by atoms with E-state index >= 15 is 0 Å². The number of carbonyl (C=O) groups is 2. The lowest BCUT2D eigenvalue weighted by Crippen LogP contribution is -2.56. The van der Waals surface area contributed by atoms with Gasteiger partial charge in [-0.2, -0.15) is 0 Å². The lowest BCUT2D eigenvalue weighted by atomic mass is 9.81. The fourth-order valence-corrected chi connectivity index (χ4v) is 4.76. The quantitative estimate of drug-likeness (QED) is 0.809. The average Bonchev–Trinajstić information content (AvgIpc) is 2.96. The van der Waals surface area contributed by atoms with E-state index in [4.69, 9.17) is 0 Å². The van der Waals surface area contributed by atoms with Gasteiger partial charge in [-0.05, 0) is 25.0 Å². The number of nitrogens with one attached hydrogen (secondary N) is 1. The number of carboxylic acid groups (broad SMARTS) is 1. The molecular weight excluding hydrogens is 332 g/mol. The van der Waals surface area contributed by atoms with Crippen molar-refractivity contribution in [2.75, 3.05) is 5.75 Å². The number of thioether (sulfide) groups is 1. The van der Waals surface area contributed by atoms with Gasteiger partial charge in [-0.15, -0.1) is 11.3 Å². The Morgan fingerprint density at radius 1 is 1.26 bits per heavy atom. The SMILES string of the molecule is O=C(CSc1nc2ccccc2s1)NC1(C(=O)O)CCCCC1. The van der Waals surface area contributed by atoms with E-state index < -0.39 is 11.5 Å². The number of nitrogens with zero attached hydrogens (tertiary/aromatic N) is 1. The number of hydrogen-bond donors (Lipinski definition) is 2. The van der Waals surface area contributed by atoms with Crippen LogP contribution in [-0.2, 0) is 9.59 Å². The molecule has 1 aliphatic rings. The van der Waals surface area contributed by atoms with Crippen molar-refractivity contribution in [2.24, 2.45) is 0 Å². The number of fused-ring (bicyclic) bond motifs is 1. The van der Waals surface area contributed by atoms with Crippen molar-refractivity contribution in [2.45, 2.75) is 42.0 Å². The summed E-state index contributed by atoms with van der Waals surface area (Å²) in [6.07, 6.45) is 3.75. The van der Waals surface area contributed by atoms with Crippen LogP contribution < -0.4 is 5.32 Å². The summed E-state index contributed by atoms with van der Waals surface area (Å²) < 4.78 is 1.92. The Bertz CT molecular complexity index is 690. The highest BCUT2D eigenvalue weighted by Crippen LogP contribution is 2.31. The largest absolute Gasteiger partial charge is 0.480 e. The third-order valence-electron chi connectivity index (χ3n) is 4.10. The summed E-state index contributed by atoms with van der Waals surface area (Å²) in [5, 5.41) is 12.2. The molecule has 23 heavy (non-hydrogen) atoms. The molecule has 1 saturated carbocycles. The highest BCUT2D eigenvalue weighted by molar-refractivity contribution is 8.01. The molecule has 2 aromatic rings. The molecule has 1 fully saturated rings. The van der Waals surface area contributed by atoms with Gasteiger partial charge in [-0.1, -0.05) is 43.2 Å². The van der Waals surface area contributed by atoms with Crippen LogP contribution in [0.2, 0.25) is 0 Å². The molecule has 1 aliphatic carbocycles. The number of thiazole rings is 1. The van der Waals surface area contributed by atoms with Crippen LogP contribution in [0.5, 0.6) is 0 Å². The molecule has 7 heteroatoms. The lowest BCUT2D eigenvalue weighted by Gasteiger charge is -2.33. The summed E-state index contributed by atoms with van der Waals surface area (Å²) >= 11 is 2.90. The van der Waals surface area contributed by atoms with Crippen LogP contribution in [0.25, 0.3) is 10.2 Å². The standard InChI is InChI=1S/C16H18N2O3S2/c19-13(18-16(14(20)21)8-4-1-5-9-16)10-22-15-17-11-6-2-3-7-12(11)23-15/h2-3,6-7H,1,4-5,8-10H2,(H,18,19)(H,20,21). The van der Waals surface area contributed by atoms with Crippen molar-refractivity contribution in [1.29, 1.82) is 0 Å². The molecule has 122 valence electrons. The van der Waals surface area contributed by atoms with Crippen molar-refractivity contribution in [1.82, 2.24) is 10.3 Å². The second-order valence-corrected chi connectivity index (χ2v) is 7.99. The highest BCUT2D eigenvalue weighted by Gasteiger charge is 2.40. The molecule has 1 aromatic carbocycles. The Labute approximate surface area is 142 Å². The van der Waals surface area contributed by atoms with Gasteiger partial charge in [-0.3, -0.25) is 4.79 Å². The number of benzene rings is 1. The molecule has 0 bridgehead atoms. The number of hydrogen-bond acceptors (Lipinski definition) is 5. The molecule has 5 nitrogen and oxygen atoms in total. The van der Waals surface area contributed by atoms with E-state index in [0.29, 0.717) is 12.8 Å². The van der Waals surface area contributed by atoms with Crippen LogP contribution in [0.3, 0.4) is 0 Å². The Hall–Kier alpha value is -1.60. The van der Waals surface area contributed by atoms with Gasteiger partial charge < -0.3 is 10.4 Å². The maximum absolute atomic E-state index is 12.2. The number of carboxylic acids is 1. The van der Waals surface area contributed by atoms with Gasteiger partial charge in [0.25, 0.3) is 0 Å². The maximum Gasteiger partial charge on any atom is 0.329 e. The molecule has 0 radical (unpaired) electrons. The number of rotatable bonds is 5.